The van der Waals surface area contributed by atoms with Gasteiger partial charge >= 0.3 is 6.09 Å². The molecule has 0 spiro atoms. The second-order valence-corrected chi connectivity index (χ2v) is 11.1. The number of sulfonamides is 1. The Morgan fingerprint density at radius 2 is 1.69 bits per heavy atom. The van der Waals surface area contributed by atoms with Gasteiger partial charge in [0.05, 0.1) is 28.9 Å². The Labute approximate surface area is 212 Å². The summed E-state index contributed by atoms with van der Waals surface area (Å²) in [5, 5.41) is 8.90. The first-order valence-corrected chi connectivity index (χ1v) is 13.8. The minimum Gasteiger partial charge on any atom is -0.446 e. The molecule has 2 aromatic carbocycles. The van der Waals surface area contributed by atoms with Crippen molar-refractivity contribution >= 4 is 33.4 Å². The average Bonchev–Trinajstić information content (AvgIpc) is 2.87. The number of nitrogens with one attached hydrogen (secondary N) is 1. The van der Waals surface area contributed by atoms with E-state index in [1.54, 1.807) is 21.9 Å². The van der Waals surface area contributed by atoms with Crippen LogP contribution in [0.1, 0.15) is 46.0 Å². The summed E-state index contributed by atoms with van der Waals surface area (Å²) >= 11 is 0. The lowest BCUT2D eigenvalue weighted by molar-refractivity contribution is -0.117. The van der Waals surface area contributed by atoms with Gasteiger partial charge in [0.15, 0.2) is 0 Å². The van der Waals surface area contributed by atoms with Gasteiger partial charge in [-0.05, 0) is 68.0 Å². The summed E-state index contributed by atoms with van der Waals surface area (Å²) in [5.74, 6) is -0.110. The predicted molar refractivity (Wildman–Crippen MR) is 137 cm³/mol. The van der Waals surface area contributed by atoms with Gasteiger partial charge in [-0.15, -0.1) is 0 Å². The van der Waals surface area contributed by atoms with Gasteiger partial charge in [0.25, 0.3) is 0 Å². The molecule has 0 bridgehead atoms. The highest BCUT2D eigenvalue weighted by Crippen LogP contribution is 2.39. The summed E-state index contributed by atoms with van der Waals surface area (Å²) in [6, 6.07) is 11.7. The summed E-state index contributed by atoms with van der Waals surface area (Å²) in [7, 11) is -3.72. The number of fused-ring (bicyclic) bond motifs is 1. The maximum absolute atomic E-state index is 13.2. The first kappa shape index (κ1) is 26.1. The lowest BCUT2D eigenvalue weighted by Gasteiger charge is -2.41. The maximum Gasteiger partial charge on any atom is 0.414 e. The SMILES string of the molecule is CC(=O)N1c2ccc(-c3ccc(S(=O)(=O)NCCO)cc3)cc2N(C(=O)OC2CCCCC2)CC1C. The highest BCUT2D eigenvalue weighted by molar-refractivity contribution is 7.89. The van der Waals surface area contributed by atoms with Crippen molar-refractivity contribution in [3.8, 4) is 11.1 Å². The normalized spacial score (nSPS) is 18.6. The number of amides is 2. The monoisotopic (exact) mass is 515 g/mol. The zero-order valence-corrected chi connectivity index (χ0v) is 21.5. The van der Waals surface area contributed by atoms with Crippen LogP contribution in [0.15, 0.2) is 47.4 Å². The fourth-order valence-electron chi connectivity index (χ4n) is 4.94. The first-order valence-electron chi connectivity index (χ1n) is 12.3. The van der Waals surface area contributed by atoms with Crippen molar-refractivity contribution in [3.63, 3.8) is 0 Å². The van der Waals surface area contributed by atoms with Crippen LogP contribution in [-0.2, 0) is 19.6 Å². The molecule has 1 atom stereocenters. The van der Waals surface area contributed by atoms with E-state index in [1.807, 2.05) is 25.1 Å². The number of rotatable bonds is 6. The molecule has 1 unspecified atom stereocenters. The number of aliphatic hydroxyl groups is 1. The number of hydrogen-bond donors (Lipinski definition) is 2. The van der Waals surface area contributed by atoms with E-state index in [-0.39, 0.29) is 36.1 Å². The summed E-state index contributed by atoms with van der Waals surface area (Å²) < 4.78 is 32.8. The fraction of sp³-hybridized carbons (Fsp3) is 0.462. The lowest BCUT2D eigenvalue weighted by Crippen LogP contribution is -2.52. The molecule has 1 saturated carbocycles. The number of carbonyl (C=O) groups excluding carboxylic acids is 2. The number of aliphatic hydroxyl groups excluding tert-OH is 1. The van der Waals surface area contributed by atoms with Crippen LogP contribution in [0.4, 0.5) is 16.2 Å². The molecule has 4 rings (SSSR count). The molecule has 2 aromatic rings. The van der Waals surface area contributed by atoms with Crippen LogP contribution in [0.3, 0.4) is 0 Å². The molecular formula is C26H33N3O6S. The van der Waals surface area contributed by atoms with Crippen molar-refractivity contribution in [2.24, 2.45) is 0 Å². The minimum absolute atomic E-state index is 0.0627. The molecule has 10 heteroatoms. The fourth-order valence-corrected chi connectivity index (χ4v) is 5.96. The molecule has 194 valence electrons. The smallest absolute Gasteiger partial charge is 0.414 e. The van der Waals surface area contributed by atoms with Crippen molar-refractivity contribution in [1.82, 2.24) is 4.72 Å². The molecule has 2 N–H and O–H groups in total. The molecule has 0 aromatic heterocycles. The van der Waals surface area contributed by atoms with Gasteiger partial charge in [0.2, 0.25) is 15.9 Å². The molecule has 2 aliphatic rings. The Bertz CT molecular complexity index is 1210. The van der Waals surface area contributed by atoms with Crippen LogP contribution in [0.2, 0.25) is 0 Å². The largest absolute Gasteiger partial charge is 0.446 e. The van der Waals surface area contributed by atoms with Gasteiger partial charge in [-0.3, -0.25) is 9.69 Å². The number of carbonyl (C=O) groups is 2. The number of ether oxygens (including phenoxy) is 1. The van der Waals surface area contributed by atoms with E-state index in [4.69, 9.17) is 9.84 Å². The van der Waals surface area contributed by atoms with Gasteiger partial charge in [-0.1, -0.05) is 24.6 Å². The molecule has 0 saturated heterocycles. The third kappa shape index (κ3) is 5.55. The number of hydrogen-bond acceptors (Lipinski definition) is 6. The van der Waals surface area contributed by atoms with Crippen molar-refractivity contribution in [3.05, 3.63) is 42.5 Å². The minimum atomic E-state index is -3.72. The van der Waals surface area contributed by atoms with Crippen molar-refractivity contribution < 1.29 is 27.9 Å². The molecule has 0 radical (unpaired) electrons. The van der Waals surface area contributed by atoms with Crippen LogP contribution in [-0.4, -0.2) is 57.4 Å². The zero-order chi connectivity index (χ0) is 25.9. The molecule has 1 aliphatic heterocycles. The third-order valence-electron chi connectivity index (χ3n) is 6.69. The van der Waals surface area contributed by atoms with E-state index in [0.717, 1.165) is 43.2 Å². The Hall–Kier alpha value is -2.95. The Morgan fingerprint density at radius 1 is 1.03 bits per heavy atom. The Morgan fingerprint density at radius 3 is 2.33 bits per heavy atom. The summed E-state index contributed by atoms with van der Waals surface area (Å²) in [6.07, 6.45) is 4.49. The third-order valence-corrected chi connectivity index (χ3v) is 8.17. The maximum atomic E-state index is 13.2. The van der Waals surface area contributed by atoms with E-state index < -0.39 is 16.1 Å². The van der Waals surface area contributed by atoms with Crippen LogP contribution >= 0.6 is 0 Å². The van der Waals surface area contributed by atoms with Crippen LogP contribution in [0, 0.1) is 0 Å². The topological polar surface area (TPSA) is 116 Å². The molecule has 36 heavy (non-hydrogen) atoms. The second kappa shape index (κ2) is 11.0. The molecule has 1 fully saturated rings. The Kier molecular flexibility index (Phi) is 7.97. The van der Waals surface area contributed by atoms with Crippen LogP contribution < -0.4 is 14.5 Å². The first-order chi connectivity index (χ1) is 17.2. The van der Waals surface area contributed by atoms with Gasteiger partial charge in [-0.2, -0.15) is 0 Å². The van der Waals surface area contributed by atoms with E-state index >= 15 is 0 Å². The van der Waals surface area contributed by atoms with E-state index in [0.29, 0.717) is 17.9 Å². The van der Waals surface area contributed by atoms with Crippen molar-refractivity contribution in [1.29, 1.82) is 0 Å². The standard InChI is InChI=1S/C26H33N3O6S/c1-18-17-28(26(32)35-22-6-4-3-5-7-22)25-16-21(10-13-24(25)29(18)19(2)31)20-8-11-23(12-9-20)36(33,34)27-14-15-30/h8-13,16,18,22,27,30H,3-7,14-15,17H2,1-2H3. The zero-order valence-electron chi connectivity index (χ0n) is 20.6. The van der Waals surface area contributed by atoms with E-state index in [1.165, 1.54) is 19.1 Å². The number of nitrogens with zero attached hydrogens (tertiary/aromatic N) is 2. The predicted octanol–water partition coefficient (Wildman–Crippen LogP) is 3.65. The van der Waals surface area contributed by atoms with Gasteiger partial charge < -0.3 is 14.7 Å². The highest BCUT2D eigenvalue weighted by atomic mass is 32.2. The van der Waals surface area contributed by atoms with E-state index in [2.05, 4.69) is 4.72 Å². The van der Waals surface area contributed by atoms with Crippen molar-refractivity contribution in [2.45, 2.75) is 63.0 Å². The lowest BCUT2D eigenvalue weighted by atomic mass is 9.98. The van der Waals surface area contributed by atoms with Crippen LogP contribution in [0.25, 0.3) is 11.1 Å². The number of benzene rings is 2. The quantitative estimate of drug-likeness (QED) is 0.607. The average molecular weight is 516 g/mol. The van der Waals surface area contributed by atoms with Gasteiger partial charge in [0.1, 0.15) is 6.10 Å². The van der Waals surface area contributed by atoms with Crippen molar-refractivity contribution in [2.75, 3.05) is 29.5 Å². The molecule has 1 aliphatic carbocycles. The van der Waals surface area contributed by atoms with Crippen LogP contribution in [0.5, 0.6) is 0 Å². The second-order valence-electron chi connectivity index (χ2n) is 9.34. The molecule has 9 nitrogen and oxygen atoms in total. The van der Waals surface area contributed by atoms with Gasteiger partial charge in [0, 0.05) is 20.0 Å². The molecule has 2 amide bonds. The molecule has 1 heterocycles. The number of anilines is 2. The highest BCUT2D eigenvalue weighted by Gasteiger charge is 2.35. The summed E-state index contributed by atoms with van der Waals surface area (Å²) in [5.41, 5.74) is 2.75. The molecular weight excluding hydrogens is 482 g/mol. The summed E-state index contributed by atoms with van der Waals surface area (Å²) in [6.45, 7) is 3.38. The summed E-state index contributed by atoms with van der Waals surface area (Å²) in [4.78, 5) is 29.1. The Balaban J connectivity index is 1.66. The van der Waals surface area contributed by atoms with Gasteiger partial charge in [-0.25, -0.2) is 17.9 Å². The van der Waals surface area contributed by atoms with E-state index in [9.17, 15) is 18.0 Å².